The van der Waals surface area contributed by atoms with Gasteiger partial charge in [-0.2, -0.15) is 0 Å². The lowest BCUT2D eigenvalue weighted by Crippen LogP contribution is -2.28. The maximum atomic E-state index is 10.5. The highest BCUT2D eigenvalue weighted by Gasteiger charge is 2.22. The molecule has 0 bridgehead atoms. The Balaban J connectivity index is 2.60. The van der Waals surface area contributed by atoms with Gasteiger partial charge >= 0.3 is 5.97 Å². The molecule has 6 nitrogen and oxygen atoms in total. The van der Waals surface area contributed by atoms with Crippen molar-refractivity contribution in [3.05, 3.63) is 12.4 Å². The third-order valence-corrected chi connectivity index (χ3v) is 3.38. The van der Waals surface area contributed by atoms with Crippen LogP contribution in [-0.4, -0.2) is 34.1 Å². The third kappa shape index (κ3) is 5.11. The second-order valence-electron chi connectivity index (χ2n) is 5.53. The monoisotopic (exact) mass is 266 g/mol. The molecule has 0 unspecified atom stereocenters. The number of carboxylic acid groups (broad SMARTS) is 1. The van der Waals surface area contributed by atoms with E-state index in [0.717, 1.165) is 6.54 Å². The summed E-state index contributed by atoms with van der Waals surface area (Å²) in [7, 11) is 0. The van der Waals surface area contributed by atoms with Gasteiger partial charge < -0.3 is 15.7 Å². The van der Waals surface area contributed by atoms with Crippen molar-refractivity contribution in [2.75, 3.05) is 23.7 Å². The molecule has 0 amide bonds. The van der Waals surface area contributed by atoms with Crippen molar-refractivity contribution in [2.45, 2.75) is 27.7 Å². The van der Waals surface area contributed by atoms with Gasteiger partial charge in [0.05, 0.1) is 0 Å². The maximum absolute atomic E-state index is 10.5. The molecule has 0 saturated heterocycles. The van der Waals surface area contributed by atoms with Gasteiger partial charge in [-0.15, -0.1) is 0 Å². The van der Waals surface area contributed by atoms with Crippen LogP contribution in [-0.2, 0) is 4.79 Å². The molecule has 1 rings (SSSR count). The molecule has 1 heterocycles. The summed E-state index contributed by atoms with van der Waals surface area (Å²) >= 11 is 0. The second kappa shape index (κ2) is 6.36. The molecule has 0 atom stereocenters. The van der Waals surface area contributed by atoms with Crippen molar-refractivity contribution in [3.8, 4) is 0 Å². The maximum Gasteiger partial charge on any atom is 0.322 e. The summed E-state index contributed by atoms with van der Waals surface area (Å²) in [5.74, 6) is 0.819. The lowest BCUT2D eigenvalue weighted by atomic mass is 9.81. The smallest absolute Gasteiger partial charge is 0.322 e. The lowest BCUT2D eigenvalue weighted by Gasteiger charge is -2.29. The van der Waals surface area contributed by atoms with Gasteiger partial charge in [0.2, 0.25) is 0 Å². The number of aliphatic carboxylic acids is 1. The molecule has 3 N–H and O–H groups in total. The van der Waals surface area contributed by atoms with Crippen LogP contribution in [0.1, 0.15) is 27.7 Å². The quantitative estimate of drug-likeness (QED) is 0.700. The first-order chi connectivity index (χ1) is 8.81. The molecule has 0 aromatic carbocycles. The van der Waals surface area contributed by atoms with Crippen LogP contribution in [0.3, 0.4) is 0 Å². The zero-order valence-corrected chi connectivity index (χ0v) is 11.9. The fraction of sp³-hybridized carbons (Fsp3) is 0.615. The van der Waals surface area contributed by atoms with Crippen LogP contribution in [0.25, 0.3) is 0 Å². The molecular weight excluding hydrogens is 244 g/mol. The number of nitrogens with zero attached hydrogens (tertiary/aromatic N) is 2. The molecule has 1 aromatic heterocycles. The van der Waals surface area contributed by atoms with E-state index in [2.05, 4.69) is 48.3 Å². The molecule has 19 heavy (non-hydrogen) atoms. The van der Waals surface area contributed by atoms with Gasteiger partial charge in [-0.25, -0.2) is 9.97 Å². The summed E-state index contributed by atoms with van der Waals surface area (Å²) in [5, 5.41) is 14.6. The number of anilines is 2. The van der Waals surface area contributed by atoms with E-state index in [1.807, 2.05) is 0 Å². The second-order valence-corrected chi connectivity index (χ2v) is 5.53. The molecule has 0 fully saturated rings. The molecule has 0 aliphatic rings. The van der Waals surface area contributed by atoms with Gasteiger partial charge in [0, 0.05) is 12.6 Å². The lowest BCUT2D eigenvalue weighted by molar-refractivity contribution is -0.134. The van der Waals surface area contributed by atoms with E-state index in [0.29, 0.717) is 17.6 Å². The molecule has 1 aromatic rings. The Bertz CT molecular complexity index is 432. The SMILES string of the molecule is CC(C)C(C)(C)CNc1cc(NCC(=O)O)ncn1. The summed E-state index contributed by atoms with van der Waals surface area (Å²) in [6, 6.07) is 1.71. The molecule has 0 aliphatic heterocycles. The highest BCUT2D eigenvalue weighted by molar-refractivity contribution is 5.72. The van der Waals surface area contributed by atoms with E-state index in [1.54, 1.807) is 6.07 Å². The number of rotatable bonds is 7. The van der Waals surface area contributed by atoms with Crippen LogP contribution in [0.4, 0.5) is 11.6 Å². The first kappa shape index (κ1) is 15.2. The van der Waals surface area contributed by atoms with Gasteiger partial charge in [0.15, 0.2) is 0 Å². The van der Waals surface area contributed by atoms with Crippen LogP contribution in [0.5, 0.6) is 0 Å². The predicted octanol–water partition coefficient (Wildman–Crippen LogP) is 2.07. The minimum Gasteiger partial charge on any atom is -0.480 e. The molecule has 0 radical (unpaired) electrons. The van der Waals surface area contributed by atoms with Crippen LogP contribution in [0, 0.1) is 11.3 Å². The number of carboxylic acids is 1. The molecule has 0 saturated carbocycles. The van der Waals surface area contributed by atoms with Gasteiger partial charge in [-0.05, 0) is 11.3 Å². The van der Waals surface area contributed by atoms with Gasteiger partial charge in [0.25, 0.3) is 0 Å². The largest absolute Gasteiger partial charge is 0.480 e. The Morgan fingerprint density at radius 1 is 1.32 bits per heavy atom. The Morgan fingerprint density at radius 2 is 1.89 bits per heavy atom. The van der Waals surface area contributed by atoms with Gasteiger partial charge in [-0.3, -0.25) is 4.79 Å². The van der Waals surface area contributed by atoms with E-state index >= 15 is 0 Å². The van der Waals surface area contributed by atoms with Crippen LogP contribution in [0.2, 0.25) is 0 Å². The van der Waals surface area contributed by atoms with E-state index < -0.39 is 5.97 Å². The Morgan fingerprint density at radius 3 is 2.42 bits per heavy atom. The number of carbonyl (C=O) groups is 1. The summed E-state index contributed by atoms with van der Waals surface area (Å²) in [6.45, 7) is 9.38. The van der Waals surface area contributed by atoms with E-state index in [9.17, 15) is 4.79 Å². The average molecular weight is 266 g/mol. The van der Waals surface area contributed by atoms with E-state index in [4.69, 9.17) is 5.11 Å². The summed E-state index contributed by atoms with van der Waals surface area (Å²) in [5.41, 5.74) is 0.152. The highest BCUT2D eigenvalue weighted by atomic mass is 16.4. The van der Waals surface area contributed by atoms with Crippen LogP contribution >= 0.6 is 0 Å². The molecule has 0 aliphatic carbocycles. The number of hydrogen-bond donors (Lipinski definition) is 3. The summed E-state index contributed by atoms with van der Waals surface area (Å²) in [4.78, 5) is 18.6. The third-order valence-electron chi connectivity index (χ3n) is 3.38. The van der Waals surface area contributed by atoms with Crippen molar-refractivity contribution >= 4 is 17.6 Å². The number of nitrogens with one attached hydrogen (secondary N) is 2. The predicted molar refractivity (Wildman–Crippen MR) is 75.3 cm³/mol. The van der Waals surface area contributed by atoms with Crippen molar-refractivity contribution in [1.82, 2.24) is 9.97 Å². The number of aromatic nitrogens is 2. The molecule has 106 valence electrons. The number of hydrogen-bond acceptors (Lipinski definition) is 5. The molecule has 0 spiro atoms. The van der Waals surface area contributed by atoms with Crippen LogP contribution in [0.15, 0.2) is 12.4 Å². The fourth-order valence-electron chi connectivity index (χ4n) is 1.24. The fourth-order valence-corrected chi connectivity index (χ4v) is 1.24. The van der Waals surface area contributed by atoms with E-state index in [1.165, 1.54) is 6.33 Å². The Kier molecular flexibility index (Phi) is 5.09. The summed E-state index contributed by atoms with van der Waals surface area (Å²) < 4.78 is 0. The minimum absolute atomic E-state index is 0.152. The zero-order chi connectivity index (χ0) is 14.5. The average Bonchev–Trinajstić information content (AvgIpc) is 2.34. The standard InChI is InChI=1S/C13H22N4O2/c1-9(2)13(3,4)7-15-11-5-10(16-8-17-11)14-6-12(18)19/h5,8-9H,6-7H2,1-4H3,(H,18,19)(H2,14,15,16,17). The molecule has 6 heteroatoms. The minimum atomic E-state index is -0.922. The molecular formula is C13H22N4O2. The van der Waals surface area contributed by atoms with Crippen molar-refractivity contribution < 1.29 is 9.90 Å². The van der Waals surface area contributed by atoms with E-state index in [-0.39, 0.29) is 12.0 Å². The first-order valence-electron chi connectivity index (χ1n) is 6.33. The Hall–Kier alpha value is -1.85. The Labute approximate surface area is 113 Å². The van der Waals surface area contributed by atoms with Gasteiger partial charge in [0.1, 0.15) is 24.5 Å². The van der Waals surface area contributed by atoms with Crippen molar-refractivity contribution in [1.29, 1.82) is 0 Å². The first-order valence-corrected chi connectivity index (χ1v) is 6.33. The van der Waals surface area contributed by atoms with Crippen molar-refractivity contribution in [3.63, 3.8) is 0 Å². The zero-order valence-electron chi connectivity index (χ0n) is 11.9. The van der Waals surface area contributed by atoms with Gasteiger partial charge in [-0.1, -0.05) is 27.7 Å². The topological polar surface area (TPSA) is 87.1 Å². The summed E-state index contributed by atoms with van der Waals surface area (Å²) in [6.07, 6.45) is 1.41. The highest BCUT2D eigenvalue weighted by Crippen LogP contribution is 2.26. The van der Waals surface area contributed by atoms with Crippen molar-refractivity contribution in [2.24, 2.45) is 11.3 Å². The normalized spacial score (nSPS) is 11.4. The van der Waals surface area contributed by atoms with Crippen LogP contribution < -0.4 is 10.6 Å².